The van der Waals surface area contributed by atoms with Crippen LogP contribution < -0.4 is 0 Å². The smallest absolute Gasteiger partial charge is 0.0888 e. The van der Waals surface area contributed by atoms with E-state index in [2.05, 4.69) is 18.5 Å². The summed E-state index contributed by atoms with van der Waals surface area (Å²) in [4.78, 5) is 4.03. The van der Waals surface area contributed by atoms with Crippen LogP contribution in [0.3, 0.4) is 0 Å². The van der Waals surface area contributed by atoms with E-state index in [0.29, 0.717) is 5.03 Å². The van der Waals surface area contributed by atoms with E-state index < -0.39 is 0 Å². The fraction of sp³-hybridized carbons (Fsp3) is 0.375. The summed E-state index contributed by atoms with van der Waals surface area (Å²) in [7, 11) is 0. The van der Waals surface area contributed by atoms with Crippen LogP contribution >= 0.6 is 23.4 Å². The molecule has 0 radical (unpaired) electrons. The van der Waals surface area contributed by atoms with Gasteiger partial charge in [-0.1, -0.05) is 31.2 Å². The summed E-state index contributed by atoms with van der Waals surface area (Å²) in [6, 6.07) is 0. The zero-order valence-corrected chi connectivity index (χ0v) is 8.37. The summed E-state index contributed by atoms with van der Waals surface area (Å²) in [6.45, 7) is 7.65. The van der Waals surface area contributed by atoms with Gasteiger partial charge in [0.15, 0.2) is 0 Å². The Balaban J connectivity index is 3.83. The monoisotopic (exact) mass is 189 g/mol. The molecule has 0 fully saturated rings. The van der Waals surface area contributed by atoms with Crippen molar-refractivity contribution >= 4 is 29.6 Å². The van der Waals surface area contributed by atoms with Crippen LogP contribution in [0.4, 0.5) is 0 Å². The van der Waals surface area contributed by atoms with Crippen LogP contribution in [-0.4, -0.2) is 12.0 Å². The molecule has 0 aromatic heterocycles. The first-order valence-corrected chi connectivity index (χ1v) is 4.74. The molecule has 0 amide bonds. The lowest BCUT2D eigenvalue weighted by Crippen LogP contribution is -1.75. The lowest BCUT2D eigenvalue weighted by molar-refractivity contribution is 1.50. The number of allylic oxidation sites excluding steroid dienone is 2. The number of hydrogen-bond acceptors (Lipinski definition) is 2. The highest BCUT2D eigenvalue weighted by Crippen LogP contribution is 2.13. The molecule has 0 spiro atoms. The van der Waals surface area contributed by atoms with Crippen molar-refractivity contribution in [3.8, 4) is 0 Å². The molecular weight excluding hydrogens is 178 g/mol. The van der Waals surface area contributed by atoms with Gasteiger partial charge in [0.1, 0.15) is 0 Å². The van der Waals surface area contributed by atoms with Gasteiger partial charge in [0, 0.05) is 6.21 Å². The average Bonchev–Trinajstić information content (AvgIpc) is 2.01. The zero-order chi connectivity index (χ0) is 8.69. The Bertz CT molecular complexity index is 185. The second kappa shape index (κ2) is 6.50. The minimum Gasteiger partial charge on any atom is -0.249 e. The van der Waals surface area contributed by atoms with Gasteiger partial charge >= 0.3 is 0 Å². The summed E-state index contributed by atoms with van der Waals surface area (Å²) in [5, 5.41) is 1.44. The second-order valence-corrected chi connectivity index (χ2v) is 3.53. The van der Waals surface area contributed by atoms with Crippen LogP contribution in [0.5, 0.6) is 0 Å². The molecule has 0 aromatic carbocycles. The molecular formula is C8H12ClNS. The zero-order valence-electron chi connectivity index (χ0n) is 6.80. The van der Waals surface area contributed by atoms with E-state index >= 15 is 0 Å². The number of nitrogens with zero attached hydrogens (tertiary/aromatic N) is 1. The lowest BCUT2D eigenvalue weighted by Gasteiger charge is -1.93. The molecule has 62 valence electrons. The van der Waals surface area contributed by atoms with E-state index in [1.54, 1.807) is 24.1 Å². The fourth-order valence-electron chi connectivity index (χ4n) is 0.412. The maximum absolute atomic E-state index is 5.67. The average molecular weight is 190 g/mol. The van der Waals surface area contributed by atoms with Crippen molar-refractivity contribution in [3.05, 3.63) is 22.7 Å². The van der Waals surface area contributed by atoms with Crippen LogP contribution in [0.1, 0.15) is 13.8 Å². The van der Waals surface area contributed by atoms with Gasteiger partial charge in [-0.15, -0.1) is 11.8 Å². The summed E-state index contributed by atoms with van der Waals surface area (Å²) >= 11 is 7.28. The minimum atomic E-state index is 0.642. The van der Waals surface area contributed by atoms with Crippen molar-refractivity contribution in [3.63, 3.8) is 0 Å². The molecule has 3 heteroatoms. The highest BCUT2D eigenvalue weighted by Gasteiger charge is 1.87. The maximum atomic E-state index is 5.67. The molecule has 0 aromatic rings. The summed E-state index contributed by atoms with van der Waals surface area (Å²) in [5.74, 6) is 0.990. The Hall–Kier alpha value is -0.210. The number of rotatable bonds is 4. The topological polar surface area (TPSA) is 12.4 Å². The molecule has 0 aliphatic carbocycles. The molecule has 0 saturated heterocycles. The predicted octanol–water partition coefficient (Wildman–Crippen LogP) is 3.42. The van der Waals surface area contributed by atoms with E-state index in [1.165, 1.54) is 0 Å². The Morgan fingerprint density at radius 3 is 2.82 bits per heavy atom. The van der Waals surface area contributed by atoms with Gasteiger partial charge in [0.2, 0.25) is 0 Å². The van der Waals surface area contributed by atoms with Gasteiger partial charge in [-0.2, -0.15) is 0 Å². The highest BCUT2D eigenvalue weighted by molar-refractivity contribution is 8.03. The van der Waals surface area contributed by atoms with Gasteiger partial charge < -0.3 is 0 Å². The minimum absolute atomic E-state index is 0.642. The van der Waals surface area contributed by atoms with Crippen molar-refractivity contribution in [1.29, 1.82) is 0 Å². The van der Waals surface area contributed by atoms with Crippen LogP contribution in [0.2, 0.25) is 0 Å². The van der Waals surface area contributed by atoms with Gasteiger partial charge in [0.25, 0.3) is 0 Å². The molecule has 1 nitrogen and oxygen atoms in total. The first kappa shape index (κ1) is 10.8. The van der Waals surface area contributed by atoms with Crippen molar-refractivity contribution in [1.82, 2.24) is 0 Å². The summed E-state index contributed by atoms with van der Waals surface area (Å²) in [5.41, 5.74) is 0. The third-order valence-electron chi connectivity index (χ3n) is 0.919. The van der Waals surface area contributed by atoms with Crippen molar-refractivity contribution in [2.75, 3.05) is 5.75 Å². The highest BCUT2D eigenvalue weighted by atomic mass is 35.5. The van der Waals surface area contributed by atoms with Gasteiger partial charge in [-0.05, 0) is 12.7 Å². The molecule has 0 saturated carbocycles. The Morgan fingerprint density at radius 1 is 1.73 bits per heavy atom. The van der Waals surface area contributed by atoms with Crippen molar-refractivity contribution < 1.29 is 0 Å². The molecule has 0 N–H and O–H groups in total. The molecule has 0 bridgehead atoms. The molecule has 11 heavy (non-hydrogen) atoms. The lowest BCUT2D eigenvalue weighted by atomic mass is 10.5. The molecule has 0 unspecified atom stereocenters. The first-order chi connectivity index (χ1) is 5.20. The SMILES string of the molecule is C=C(/N=C\C(Cl)=C/C)SCC. The van der Waals surface area contributed by atoms with Crippen molar-refractivity contribution in [2.24, 2.45) is 4.99 Å². The number of aliphatic imine (C=N–C) groups is 1. The largest absolute Gasteiger partial charge is 0.249 e. The Labute approximate surface area is 77.2 Å². The van der Waals surface area contributed by atoms with Crippen LogP contribution in [-0.2, 0) is 0 Å². The van der Waals surface area contributed by atoms with E-state index in [9.17, 15) is 0 Å². The van der Waals surface area contributed by atoms with E-state index in [4.69, 9.17) is 11.6 Å². The van der Waals surface area contributed by atoms with E-state index in [0.717, 1.165) is 10.8 Å². The van der Waals surface area contributed by atoms with Crippen LogP contribution in [0.25, 0.3) is 0 Å². The quantitative estimate of drug-likeness (QED) is 0.618. The Morgan fingerprint density at radius 2 is 2.36 bits per heavy atom. The third-order valence-corrected chi connectivity index (χ3v) is 1.96. The Kier molecular flexibility index (Phi) is 6.37. The third kappa shape index (κ3) is 6.20. The van der Waals surface area contributed by atoms with E-state index in [-0.39, 0.29) is 0 Å². The van der Waals surface area contributed by atoms with Crippen LogP contribution in [0, 0.1) is 0 Å². The number of thioether (sulfide) groups is 1. The molecule has 0 aliphatic rings. The fourth-order valence-corrected chi connectivity index (χ4v) is 0.921. The maximum Gasteiger partial charge on any atom is 0.0888 e. The van der Waals surface area contributed by atoms with Crippen LogP contribution in [0.15, 0.2) is 27.7 Å². The molecule has 0 aliphatic heterocycles. The summed E-state index contributed by atoms with van der Waals surface area (Å²) in [6.07, 6.45) is 3.39. The van der Waals surface area contributed by atoms with Gasteiger partial charge in [0.05, 0.1) is 10.1 Å². The van der Waals surface area contributed by atoms with Crippen molar-refractivity contribution in [2.45, 2.75) is 13.8 Å². The number of halogens is 1. The molecule has 0 rings (SSSR count). The van der Waals surface area contributed by atoms with Gasteiger partial charge in [-0.3, -0.25) is 0 Å². The number of hydrogen-bond donors (Lipinski definition) is 0. The van der Waals surface area contributed by atoms with E-state index in [1.807, 2.05) is 6.92 Å². The summed E-state index contributed by atoms with van der Waals surface area (Å²) < 4.78 is 0. The molecule has 0 atom stereocenters. The first-order valence-electron chi connectivity index (χ1n) is 3.38. The molecule has 0 heterocycles. The predicted molar refractivity (Wildman–Crippen MR) is 55.4 cm³/mol. The standard InChI is InChI=1S/C8H12ClNS/c1-4-8(9)6-10-7(3)11-5-2/h4,6H,3,5H2,1-2H3/b8-4+,10-6-. The second-order valence-electron chi connectivity index (χ2n) is 1.76. The normalized spacial score (nSPS) is 12.5. The van der Waals surface area contributed by atoms with Gasteiger partial charge in [-0.25, -0.2) is 4.99 Å².